The van der Waals surface area contributed by atoms with Crippen LogP contribution in [0.2, 0.25) is 0 Å². The molecule has 0 aliphatic carbocycles. The molecule has 0 amide bonds. The molecule has 1 aliphatic heterocycles. The van der Waals surface area contributed by atoms with E-state index < -0.39 is 27.5 Å². The number of aliphatic hydroxyl groups excluding tert-OH is 1. The van der Waals surface area contributed by atoms with Crippen LogP contribution in [0.4, 0.5) is 19.0 Å². The van der Waals surface area contributed by atoms with Crippen molar-refractivity contribution >= 4 is 15.8 Å². The molecule has 168 valence electrons. The number of aromatic nitrogens is 3. The van der Waals surface area contributed by atoms with E-state index in [1.807, 2.05) is 12.1 Å². The molecule has 3 aromatic rings. The highest BCUT2D eigenvalue weighted by molar-refractivity contribution is 7.93. The van der Waals surface area contributed by atoms with Crippen LogP contribution < -0.4 is 9.46 Å². The van der Waals surface area contributed by atoms with Crippen LogP contribution in [0.1, 0.15) is 17.4 Å². The average Bonchev–Trinajstić information content (AvgIpc) is 2.75. The van der Waals surface area contributed by atoms with E-state index in [4.69, 9.17) is 4.74 Å². The molecule has 1 aromatic carbocycles. The zero-order valence-electron chi connectivity index (χ0n) is 16.3. The van der Waals surface area contributed by atoms with E-state index in [9.17, 15) is 26.7 Å². The monoisotopic (exact) mass is 466 g/mol. The molecule has 32 heavy (non-hydrogen) atoms. The van der Waals surface area contributed by atoms with E-state index >= 15 is 0 Å². The largest absolute Gasteiger partial charge is 0.516 e. The molecule has 0 saturated heterocycles. The Morgan fingerprint density at radius 2 is 1.97 bits per heavy atom. The lowest BCUT2D eigenvalue weighted by Gasteiger charge is -2.30. The predicted octanol–water partition coefficient (Wildman–Crippen LogP) is 3.08. The molecule has 0 spiro atoms. The molecule has 8 nitrogen and oxygen atoms in total. The number of nitrogens with one attached hydrogen (secondary N) is 1. The number of pyridine rings is 1. The highest BCUT2D eigenvalue weighted by atomic mass is 32.2. The smallest absolute Gasteiger partial charge is 0.493 e. The summed E-state index contributed by atoms with van der Waals surface area (Å²) in [6.45, 7) is 0.205. The van der Waals surface area contributed by atoms with Crippen LogP contribution in [0.3, 0.4) is 0 Å². The molecule has 3 heterocycles. The Kier molecular flexibility index (Phi) is 5.73. The standard InChI is InChI=1S/C20H17F3N4O4S/c21-20(22,23)32(29,30)27-19-15(6-8-25-26-19)12-4-5-16-17(10-12)31-11-13(18(16)28)9-14-3-1-2-7-24-14/h1-8,10,13,18,28H,9,11H2,(H,26,27)/t13?,18-/m1/s1. The van der Waals surface area contributed by atoms with Crippen LogP contribution in [-0.2, 0) is 16.4 Å². The number of alkyl halides is 3. The average molecular weight is 466 g/mol. The maximum absolute atomic E-state index is 12.8. The van der Waals surface area contributed by atoms with Crippen molar-refractivity contribution in [2.75, 3.05) is 11.3 Å². The van der Waals surface area contributed by atoms with Crippen LogP contribution in [0.25, 0.3) is 11.1 Å². The number of rotatable bonds is 5. The lowest BCUT2D eigenvalue weighted by atomic mass is 9.88. The van der Waals surface area contributed by atoms with E-state index in [1.54, 1.807) is 18.3 Å². The van der Waals surface area contributed by atoms with Gasteiger partial charge in [-0.05, 0) is 36.2 Å². The number of hydrogen-bond donors (Lipinski definition) is 2. The summed E-state index contributed by atoms with van der Waals surface area (Å²) in [6.07, 6.45) is 2.55. The normalized spacial score (nSPS) is 18.5. The third-order valence-corrected chi connectivity index (χ3v) is 6.07. The van der Waals surface area contributed by atoms with Gasteiger partial charge in [0.05, 0.1) is 18.9 Å². The number of halogens is 3. The highest BCUT2D eigenvalue weighted by Gasteiger charge is 2.46. The first-order chi connectivity index (χ1) is 15.2. The maximum atomic E-state index is 12.8. The second kappa shape index (κ2) is 8.36. The molecule has 0 saturated carbocycles. The van der Waals surface area contributed by atoms with Gasteiger partial charge in [0.1, 0.15) is 5.75 Å². The molecular formula is C20H17F3N4O4S. The van der Waals surface area contributed by atoms with Gasteiger partial charge in [-0.15, -0.1) is 5.10 Å². The van der Waals surface area contributed by atoms with Gasteiger partial charge in [0, 0.05) is 28.9 Å². The molecule has 2 atom stereocenters. The van der Waals surface area contributed by atoms with Gasteiger partial charge in [-0.3, -0.25) is 9.71 Å². The Balaban J connectivity index is 1.61. The second-order valence-corrected chi connectivity index (χ2v) is 8.81. The third-order valence-electron chi connectivity index (χ3n) is 5.00. The van der Waals surface area contributed by atoms with E-state index in [2.05, 4.69) is 15.2 Å². The summed E-state index contributed by atoms with van der Waals surface area (Å²) < 4.78 is 68.5. The van der Waals surface area contributed by atoms with Gasteiger partial charge in [-0.25, -0.2) is 0 Å². The van der Waals surface area contributed by atoms with E-state index in [0.717, 1.165) is 5.69 Å². The quantitative estimate of drug-likeness (QED) is 0.594. The first kappa shape index (κ1) is 22.0. The summed E-state index contributed by atoms with van der Waals surface area (Å²) in [7, 11) is -5.67. The lowest BCUT2D eigenvalue weighted by molar-refractivity contribution is -0.0429. The number of aliphatic hydroxyl groups is 1. The maximum Gasteiger partial charge on any atom is 0.516 e. The van der Waals surface area contributed by atoms with Crippen molar-refractivity contribution in [2.24, 2.45) is 5.92 Å². The fourth-order valence-corrected chi connectivity index (χ4v) is 3.92. The summed E-state index contributed by atoms with van der Waals surface area (Å²) in [4.78, 5) is 4.26. The molecule has 4 rings (SSSR count). The fourth-order valence-electron chi connectivity index (χ4n) is 3.40. The van der Waals surface area contributed by atoms with Crippen LogP contribution in [0.5, 0.6) is 5.75 Å². The van der Waals surface area contributed by atoms with E-state index in [1.165, 1.54) is 29.1 Å². The van der Waals surface area contributed by atoms with E-state index in [-0.39, 0.29) is 18.1 Å². The molecule has 2 aromatic heterocycles. The fraction of sp³-hybridized carbons (Fsp3) is 0.250. The van der Waals surface area contributed by atoms with E-state index in [0.29, 0.717) is 23.3 Å². The van der Waals surface area contributed by atoms with Crippen LogP contribution in [0, 0.1) is 5.92 Å². The Bertz CT molecular complexity index is 1220. The van der Waals surface area contributed by atoms with Gasteiger partial charge in [0.2, 0.25) is 0 Å². The van der Waals surface area contributed by atoms with Gasteiger partial charge in [-0.1, -0.05) is 18.2 Å². The van der Waals surface area contributed by atoms with Gasteiger partial charge in [0.25, 0.3) is 0 Å². The van der Waals surface area contributed by atoms with Crippen molar-refractivity contribution in [2.45, 2.75) is 18.0 Å². The number of hydrogen-bond acceptors (Lipinski definition) is 7. The van der Waals surface area contributed by atoms with Crippen molar-refractivity contribution in [3.05, 3.63) is 66.1 Å². The second-order valence-electron chi connectivity index (χ2n) is 7.14. The SMILES string of the molecule is O=S(=O)(Nc1nnccc1-c1ccc2c(c1)OCC(Cc1ccccn1)[C@H]2O)C(F)(F)F. The summed E-state index contributed by atoms with van der Waals surface area (Å²) in [5.74, 6) is -0.470. The van der Waals surface area contributed by atoms with Gasteiger partial charge in [-0.2, -0.15) is 26.7 Å². The number of anilines is 1. The summed E-state index contributed by atoms with van der Waals surface area (Å²) >= 11 is 0. The molecule has 12 heteroatoms. The minimum atomic E-state index is -5.67. The topological polar surface area (TPSA) is 114 Å². The van der Waals surface area contributed by atoms with Gasteiger partial charge >= 0.3 is 15.5 Å². The predicted molar refractivity (Wildman–Crippen MR) is 108 cm³/mol. The molecular weight excluding hydrogens is 449 g/mol. The molecule has 0 bridgehead atoms. The van der Waals surface area contributed by atoms with Crippen molar-refractivity contribution in [1.29, 1.82) is 0 Å². The van der Waals surface area contributed by atoms with Gasteiger partial charge < -0.3 is 9.84 Å². The minimum Gasteiger partial charge on any atom is -0.493 e. The lowest BCUT2D eigenvalue weighted by Crippen LogP contribution is -2.30. The summed E-state index contributed by atoms with van der Waals surface area (Å²) in [5, 5.41) is 17.8. The van der Waals surface area contributed by atoms with Crippen molar-refractivity contribution in [3.8, 4) is 16.9 Å². The summed E-state index contributed by atoms with van der Waals surface area (Å²) in [6, 6.07) is 11.5. The number of benzene rings is 1. The molecule has 1 unspecified atom stereocenters. The Labute approximate surface area is 181 Å². The van der Waals surface area contributed by atoms with Crippen molar-refractivity contribution in [3.63, 3.8) is 0 Å². The number of fused-ring (bicyclic) bond motifs is 1. The zero-order chi connectivity index (χ0) is 22.9. The molecule has 2 N–H and O–H groups in total. The zero-order valence-corrected chi connectivity index (χ0v) is 17.1. The van der Waals surface area contributed by atoms with Crippen LogP contribution in [0.15, 0.2) is 54.9 Å². The van der Waals surface area contributed by atoms with Crippen LogP contribution in [-0.4, -0.2) is 40.8 Å². The Morgan fingerprint density at radius 3 is 2.69 bits per heavy atom. The molecule has 0 radical (unpaired) electrons. The first-order valence-corrected chi connectivity index (χ1v) is 10.9. The Morgan fingerprint density at radius 1 is 1.16 bits per heavy atom. The molecule has 1 aliphatic rings. The first-order valence-electron chi connectivity index (χ1n) is 9.41. The minimum absolute atomic E-state index is 0.0734. The number of nitrogens with zero attached hydrogens (tertiary/aromatic N) is 3. The van der Waals surface area contributed by atoms with Crippen LogP contribution >= 0.6 is 0 Å². The van der Waals surface area contributed by atoms with Gasteiger partial charge in [0.15, 0.2) is 5.82 Å². The van der Waals surface area contributed by atoms with Crippen molar-refractivity contribution in [1.82, 2.24) is 15.2 Å². The molecule has 0 fully saturated rings. The number of sulfonamides is 1. The Hall–Kier alpha value is -3.25. The number of ether oxygens (including phenoxy) is 1. The third kappa shape index (κ3) is 4.36. The summed E-state index contributed by atoms with van der Waals surface area (Å²) in [5.41, 5.74) is -3.77. The van der Waals surface area contributed by atoms with Crippen molar-refractivity contribution < 1.29 is 31.4 Å². The highest BCUT2D eigenvalue weighted by Crippen LogP contribution is 2.40.